The van der Waals surface area contributed by atoms with Crippen molar-refractivity contribution in [3.05, 3.63) is 58.0 Å². The number of hydrogen-bond donors (Lipinski definition) is 1. The maximum atomic E-state index is 10.2. The van der Waals surface area contributed by atoms with E-state index in [-0.39, 0.29) is 0 Å². The summed E-state index contributed by atoms with van der Waals surface area (Å²) in [6.07, 6.45) is -0.499. The summed E-state index contributed by atoms with van der Waals surface area (Å²) in [5.41, 5.74) is 1.16. The normalized spacial score (nSPS) is 16.7. The van der Waals surface area contributed by atoms with Crippen molar-refractivity contribution in [2.75, 3.05) is 44.2 Å². The number of benzene rings is 2. The Morgan fingerprint density at radius 1 is 1.08 bits per heavy atom. The Bertz CT molecular complexity index is 675. The molecule has 3 rings (SSSR count). The van der Waals surface area contributed by atoms with E-state index in [1.807, 2.05) is 42.5 Å². The Labute approximate surface area is 162 Å². The van der Waals surface area contributed by atoms with Crippen LogP contribution in [0.3, 0.4) is 0 Å². The van der Waals surface area contributed by atoms with E-state index >= 15 is 0 Å². The Hall–Kier alpha value is -1.27. The Balaban J connectivity index is 1.41. The molecule has 0 saturated carbocycles. The highest BCUT2D eigenvalue weighted by Crippen LogP contribution is 2.21. The number of halogens is 2. The quantitative estimate of drug-likeness (QED) is 0.766. The maximum Gasteiger partial charge on any atom is 0.119 e. The van der Waals surface area contributed by atoms with Crippen LogP contribution in [0.15, 0.2) is 53.0 Å². The minimum absolute atomic E-state index is 0.302. The summed E-state index contributed by atoms with van der Waals surface area (Å²) in [7, 11) is 0. The lowest BCUT2D eigenvalue weighted by Crippen LogP contribution is -2.49. The number of aliphatic hydroxyl groups is 1. The van der Waals surface area contributed by atoms with Gasteiger partial charge in [0.2, 0.25) is 0 Å². The number of piperazine rings is 1. The minimum Gasteiger partial charge on any atom is -0.491 e. The molecule has 0 aromatic heterocycles. The van der Waals surface area contributed by atoms with E-state index in [2.05, 4.69) is 31.8 Å². The summed E-state index contributed by atoms with van der Waals surface area (Å²) in [6.45, 7) is 4.63. The molecule has 0 unspecified atom stereocenters. The molecule has 25 heavy (non-hydrogen) atoms. The highest BCUT2D eigenvalue weighted by Gasteiger charge is 2.19. The number of β-amino-alcohol motifs (C(OH)–C–C–N with tert-alkyl or cyclic N) is 1. The Kier molecular flexibility index (Phi) is 6.59. The average molecular weight is 426 g/mol. The van der Waals surface area contributed by atoms with Crippen LogP contribution < -0.4 is 9.64 Å². The summed E-state index contributed by atoms with van der Waals surface area (Å²) in [5.74, 6) is 0.771. The van der Waals surface area contributed by atoms with Crippen molar-refractivity contribution in [2.24, 2.45) is 0 Å². The molecule has 4 nitrogen and oxygen atoms in total. The third-order valence-electron chi connectivity index (χ3n) is 4.27. The van der Waals surface area contributed by atoms with Gasteiger partial charge in [0, 0.05) is 47.9 Å². The van der Waals surface area contributed by atoms with E-state index < -0.39 is 6.10 Å². The number of hydrogen-bond acceptors (Lipinski definition) is 4. The van der Waals surface area contributed by atoms with Crippen molar-refractivity contribution in [1.29, 1.82) is 0 Å². The van der Waals surface area contributed by atoms with Crippen LogP contribution >= 0.6 is 27.5 Å². The van der Waals surface area contributed by atoms with Crippen LogP contribution in [0.1, 0.15) is 0 Å². The van der Waals surface area contributed by atoms with Crippen LogP contribution in [-0.2, 0) is 0 Å². The van der Waals surface area contributed by atoms with Gasteiger partial charge in [-0.3, -0.25) is 4.90 Å². The van der Waals surface area contributed by atoms with Gasteiger partial charge in [0.05, 0.1) is 0 Å². The van der Waals surface area contributed by atoms with Crippen LogP contribution in [0, 0.1) is 0 Å². The van der Waals surface area contributed by atoms with Gasteiger partial charge in [0.25, 0.3) is 0 Å². The monoisotopic (exact) mass is 424 g/mol. The van der Waals surface area contributed by atoms with Crippen molar-refractivity contribution in [1.82, 2.24) is 4.90 Å². The smallest absolute Gasteiger partial charge is 0.119 e. The predicted octanol–water partition coefficient (Wildman–Crippen LogP) is 3.66. The van der Waals surface area contributed by atoms with Crippen molar-refractivity contribution in [3.63, 3.8) is 0 Å². The number of aliphatic hydroxyl groups excluding tert-OH is 1. The number of anilines is 1. The second-order valence-electron chi connectivity index (χ2n) is 6.19. The number of ether oxygens (including phenoxy) is 1. The molecule has 0 bridgehead atoms. The predicted molar refractivity (Wildman–Crippen MR) is 106 cm³/mol. The molecule has 6 heteroatoms. The molecule has 0 spiro atoms. The van der Waals surface area contributed by atoms with Gasteiger partial charge in [-0.05, 0) is 42.5 Å². The van der Waals surface area contributed by atoms with Gasteiger partial charge in [-0.2, -0.15) is 0 Å². The molecular weight excluding hydrogens is 404 g/mol. The highest BCUT2D eigenvalue weighted by molar-refractivity contribution is 9.10. The van der Waals surface area contributed by atoms with Crippen LogP contribution in [-0.4, -0.2) is 55.4 Å². The van der Waals surface area contributed by atoms with Crippen molar-refractivity contribution < 1.29 is 9.84 Å². The first-order valence-corrected chi connectivity index (χ1v) is 9.56. The van der Waals surface area contributed by atoms with Gasteiger partial charge in [0.15, 0.2) is 0 Å². The van der Waals surface area contributed by atoms with Gasteiger partial charge in [-0.1, -0.05) is 33.6 Å². The molecule has 134 valence electrons. The zero-order chi connectivity index (χ0) is 17.6. The van der Waals surface area contributed by atoms with Crippen molar-refractivity contribution in [2.45, 2.75) is 6.10 Å². The SMILES string of the molecule is O[C@@H](COc1ccc(Br)cc1)CN1CCN(c2cccc(Cl)c2)CC1. The average Bonchev–Trinajstić information content (AvgIpc) is 2.62. The van der Waals surface area contributed by atoms with E-state index in [0.29, 0.717) is 13.2 Å². The zero-order valence-corrected chi connectivity index (χ0v) is 16.3. The van der Waals surface area contributed by atoms with E-state index in [0.717, 1.165) is 47.1 Å². The molecule has 1 atom stereocenters. The summed E-state index contributed by atoms with van der Waals surface area (Å²) in [6, 6.07) is 15.6. The second kappa shape index (κ2) is 8.90. The molecule has 2 aromatic rings. The largest absolute Gasteiger partial charge is 0.491 e. The molecule has 1 aliphatic rings. The molecular formula is C19H22BrClN2O2. The van der Waals surface area contributed by atoms with Crippen LogP contribution in [0.2, 0.25) is 5.02 Å². The first-order chi connectivity index (χ1) is 12.1. The van der Waals surface area contributed by atoms with E-state index in [4.69, 9.17) is 16.3 Å². The van der Waals surface area contributed by atoms with Gasteiger partial charge >= 0.3 is 0 Å². The molecule has 0 amide bonds. The van der Waals surface area contributed by atoms with E-state index in [9.17, 15) is 5.11 Å². The molecule has 1 N–H and O–H groups in total. The molecule has 0 radical (unpaired) electrons. The van der Waals surface area contributed by atoms with Gasteiger partial charge in [0.1, 0.15) is 18.5 Å². The minimum atomic E-state index is -0.499. The Morgan fingerprint density at radius 3 is 2.48 bits per heavy atom. The Morgan fingerprint density at radius 2 is 1.80 bits per heavy atom. The van der Waals surface area contributed by atoms with Crippen LogP contribution in [0.4, 0.5) is 5.69 Å². The second-order valence-corrected chi connectivity index (χ2v) is 7.54. The molecule has 1 aliphatic heterocycles. The fraction of sp³-hybridized carbons (Fsp3) is 0.368. The lowest BCUT2D eigenvalue weighted by atomic mass is 10.2. The fourth-order valence-corrected chi connectivity index (χ4v) is 3.38. The molecule has 0 aliphatic carbocycles. The van der Waals surface area contributed by atoms with E-state index in [1.165, 1.54) is 0 Å². The van der Waals surface area contributed by atoms with Crippen LogP contribution in [0.25, 0.3) is 0 Å². The zero-order valence-electron chi connectivity index (χ0n) is 13.9. The van der Waals surface area contributed by atoms with Gasteiger partial charge in [-0.15, -0.1) is 0 Å². The molecule has 1 fully saturated rings. The molecule has 2 aromatic carbocycles. The standard InChI is InChI=1S/C19H22BrClN2O2/c20-15-4-6-19(7-5-15)25-14-18(24)13-22-8-10-23(11-9-22)17-3-1-2-16(21)12-17/h1-7,12,18,24H,8-11,13-14H2/t18-/m1/s1. The van der Waals surface area contributed by atoms with E-state index in [1.54, 1.807) is 0 Å². The van der Waals surface area contributed by atoms with Gasteiger partial charge in [-0.25, -0.2) is 0 Å². The summed E-state index contributed by atoms with van der Waals surface area (Å²) in [5, 5.41) is 11.0. The third-order valence-corrected chi connectivity index (χ3v) is 5.03. The topological polar surface area (TPSA) is 35.9 Å². The number of nitrogens with zero attached hydrogens (tertiary/aromatic N) is 2. The highest BCUT2D eigenvalue weighted by atomic mass is 79.9. The summed E-state index contributed by atoms with van der Waals surface area (Å²) in [4.78, 5) is 4.60. The van der Waals surface area contributed by atoms with Crippen molar-refractivity contribution in [3.8, 4) is 5.75 Å². The first-order valence-electron chi connectivity index (χ1n) is 8.39. The fourth-order valence-electron chi connectivity index (χ4n) is 2.94. The molecule has 1 heterocycles. The molecule has 1 saturated heterocycles. The third kappa shape index (κ3) is 5.61. The number of rotatable bonds is 6. The van der Waals surface area contributed by atoms with Gasteiger partial charge < -0.3 is 14.7 Å². The lowest BCUT2D eigenvalue weighted by Gasteiger charge is -2.36. The first kappa shape index (κ1) is 18.5. The summed E-state index contributed by atoms with van der Waals surface area (Å²) < 4.78 is 6.66. The van der Waals surface area contributed by atoms with Crippen molar-refractivity contribution >= 4 is 33.2 Å². The maximum absolute atomic E-state index is 10.2. The summed E-state index contributed by atoms with van der Waals surface area (Å²) >= 11 is 9.46. The van der Waals surface area contributed by atoms with Crippen LogP contribution in [0.5, 0.6) is 5.75 Å². The lowest BCUT2D eigenvalue weighted by molar-refractivity contribution is 0.0663.